The molecule has 1 aromatic carbocycles. The van der Waals surface area contributed by atoms with Crippen LogP contribution < -0.4 is 4.74 Å². The number of imide groups is 1. The summed E-state index contributed by atoms with van der Waals surface area (Å²) in [5, 5.41) is 0.706. The topological polar surface area (TPSA) is 53.1 Å². The summed E-state index contributed by atoms with van der Waals surface area (Å²) in [5.74, 6) is 0.925. The number of carbonyl (C=O) groups is 2. The lowest BCUT2D eigenvalue weighted by atomic mass is 9.85. The van der Waals surface area contributed by atoms with Gasteiger partial charge in [-0.15, -0.1) is 0 Å². The maximum Gasteiger partial charge on any atom is 0.237 e. The molecular formula is C21H28ClN3O3. The van der Waals surface area contributed by atoms with E-state index >= 15 is 0 Å². The summed E-state index contributed by atoms with van der Waals surface area (Å²) in [6.07, 6.45) is 4.34. The number of rotatable bonds is 6. The molecule has 1 aliphatic carbocycles. The molecule has 0 bridgehead atoms. The number of halogens is 1. The molecule has 152 valence electrons. The second kappa shape index (κ2) is 8.39. The Labute approximate surface area is 171 Å². The van der Waals surface area contributed by atoms with Crippen LogP contribution in [-0.2, 0) is 9.59 Å². The van der Waals surface area contributed by atoms with Crippen molar-refractivity contribution in [1.82, 2.24) is 14.7 Å². The van der Waals surface area contributed by atoms with Gasteiger partial charge in [-0.05, 0) is 37.1 Å². The summed E-state index contributed by atoms with van der Waals surface area (Å²) in [6, 6.07) is 7.40. The van der Waals surface area contributed by atoms with Crippen LogP contribution in [0.3, 0.4) is 0 Å². The summed E-state index contributed by atoms with van der Waals surface area (Å²) in [6.45, 7) is 5.52. The summed E-state index contributed by atoms with van der Waals surface area (Å²) in [4.78, 5) is 31.3. The van der Waals surface area contributed by atoms with Crippen molar-refractivity contribution < 1.29 is 14.3 Å². The molecule has 1 spiro atoms. The van der Waals surface area contributed by atoms with Gasteiger partial charge in [0.15, 0.2) is 0 Å². The van der Waals surface area contributed by atoms with Gasteiger partial charge in [-0.1, -0.05) is 24.4 Å². The monoisotopic (exact) mass is 405 g/mol. The number of ether oxygens (including phenoxy) is 1. The van der Waals surface area contributed by atoms with Gasteiger partial charge < -0.3 is 4.74 Å². The van der Waals surface area contributed by atoms with Crippen molar-refractivity contribution in [2.45, 2.75) is 32.1 Å². The van der Waals surface area contributed by atoms with Crippen LogP contribution in [0.1, 0.15) is 32.1 Å². The number of hydrogen-bond acceptors (Lipinski definition) is 5. The maximum atomic E-state index is 12.8. The van der Waals surface area contributed by atoms with Gasteiger partial charge in [0.1, 0.15) is 12.4 Å². The van der Waals surface area contributed by atoms with Gasteiger partial charge in [0, 0.05) is 44.2 Å². The van der Waals surface area contributed by atoms with E-state index in [1.165, 1.54) is 4.90 Å². The molecule has 1 saturated carbocycles. The molecule has 2 saturated heterocycles. The molecule has 1 aromatic rings. The Hall–Kier alpha value is -1.63. The first-order chi connectivity index (χ1) is 13.6. The minimum atomic E-state index is -0.363. The standard InChI is InChI=1S/C21H28ClN3O3/c22-17-3-5-18(6-4-17)28-14-13-23-9-11-24(12-10-23)16-25-19(26)15-21(20(25)27)7-1-2-8-21/h3-6H,1-2,7-16H2. The highest BCUT2D eigenvalue weighted by molar-refractivity contribution is 6.30. The van der Waals surface area contributed by atoms with Crippen molar-refractivity contribution in [3.05, 3.63) is 29.3 Å². The van der Waals surface area contributed by atoms with Gasteiger partial charge in [-0.2, -0.15) is 0 Å². The normalized spacial score (nSPS) is 23.1. The molecule has 0 aromatic heterocycles. The third-order valence-corrected chi connectivity index (χ3v) is 6.60. The molecule has 28 heavy (non-hydrogen) atoms. The van der Waals surface area contributed by atoms with Crippen LogP contribution in [-0.4, -0.2) is 72.5 Å². The van der Waals surface area contributed by atoms with Crippen molar-refractivity contribution in [2.24, 2.45) is 5.41 Å². The second-order valence-corrected chi connectivity index (χ2v) is 8.63. The second-order valence-electron chi connectivity index (χ2n) is 8.19. The predicted molar refractivity (Wildman–Crippen MR) is 107 cm³/mol. The third-order valence-electron chi connectivity index (χ3n) is 6.35. The van der Waals surface area contributed by atoms with Crippen molar-refractivity contribution in [3.8, 4) is 5.75 Å². The Balaban J connectivity index is 1.20. The number of amides is 2. The van der Waals surface area contributed by atoms with E-state index in [-0.39, 0.29) is 17.2 Å². The van der Waals surface area contributed by atoms with E-state index in [0.717, 1.165) is 64.2 Å². The lowest BCUT2D eigenvalue weighted by Crippen LogP contribution is -2.52. The van der Waals surface area contributed by atoms with Gasteiger partial charge in [-0.25, -0.2) is 0 Å². The Kier molecular flexibility index (Phi) is 5.90. The van der Waals surface area contributed by atoms with E-state index in [9.17, 15) is 9.59 Å². The lowest BCUT2D eigenvalue weighted by molar-refractivity contribution is -0.144. The first-order valence-electron chi connectivity index (χ1n) is 10.2. The third kappa shape index (κ3) is 4.19. The van der Waals surface area contributed by atoms with Gasteiger partial charge >= 0.3 is 0 Å². The van der Waals surface area contributed by atoms with Crippen molar-refractivity contribution in [3.63, 3.8) is 0 Å². The molecule has 2 amide bonds. The Morgan fingerprint density at radius 2 is 1.61 bits per heavy atom. The summed E-state index contributed by atoms with van der Waals surface area (Å²) in [5.41, 5.74) is -0.363. The quantitative estimate of drug-likeness (QED) is 0.681. The van der Waals surface area contributed by atoms with E-state index < -0.39 is 0 Å². The fourth-order valence-electron chi connectivity index (χ4n) is 4.62. The Morgan fingerprint density at radius 3 is 2.29 bits per heavy atom. The van der Waals surface area contributed by atoms with Crippen LogP contribution in [0, 0.1) is 5.41 Å². The highest BCUT2D eigenvalue weighted by atomic mass is 35.5. The van der Waals surface area contributed by atoms with E-state index in [1.807, 2.05) is 24.3 Å². The maximum absolute atomic E-state index is 12.8. The molecule has 0 radical (unpaired) electrons. The smallest absolute Gasteiger partial charge is 0.237 e. The highest BCUT2D eigenvalue weighted by Gasteiger charge is 2.52. The van der Waals surface area contributed by atoms with Gasteiger partial charge in [-0.3, -0.25) is 24.3 Å². The van der Waals surface area contributed by atoms with Crippen molar-refractivity contribution >= 4 is 23.4 Å². The molecule has 0 N–H and O–H groups in total. The first kappa shape index (κ1) is 19.7. The van der Waals surface area contributed by atoms with Gasteiger partial charge in [0.25, 0.3) is 0 Å². The van der Waals surface area contributed by atoms with Crippen LogP contribution >= 0.6 is 11.6 Å². The minimum absolute atomic E-state index is 0.0192. The Bertz CT molecular complexity index is 710. The highest BCUT2D eigenvalue weighted by Crippen LogP contribution is 2.46. The fourth-order valence-corrected chi connectivity index (χ4v) is 4.75. The predicted octanol–water partition coefficient (Wildman–Crippen LogP) is 2.61. The molecule has 7 heteroatoms. The number of likely N-dealkylation sites (tertiary alicyclic amines) is 1. The average Bonchev–Trinajstić information content (AvgIpc) is 3.25. The molecule has 2 heterocycles. The lowest BCUT2D eigenvalue weighted by Gasteiger charge is -2.36. The molecule has 4 rings (SSSR count). The van der Waals surface area contributed by atoms with Crippen LogP contribution in [0.4, 0.5) is 0 Å². The number of nitrogens with zero attached hydrogens (tertiary/aromatic N) is 3. The summed E-state index contributed by atoms with van der Waals surface area (Å²) >= 11 is 5.88. The van der Waals surface area contributed by atoms with Gasteiger partial charge in [0.2, 0.25) is 11.8 Å². The summed E-state index contributed by atoms with van der Waals surface area (Å²) < 4.78 is 5.77. The SMILES string of the molecule is O=C1CC2(CCCC2)C(=O)N1CN1CCN(CCOc2ccc(Cl)cc2)CC1. The summed E-state index contributed by atoms with van der Waals surface area (Å²) in [7, 11) is 0. The average molecular weight is 406 g/mol. The fraction of sp³-hybridized carbons (Fsp3) is 0.619. The zero-order valence-electron chi connectivity index (χ0n) is 16.2. The van der Waals surface area contributed by atoms with Crippen LogP contribution in [0.25, 0.3) is 0 Å². The van der Waals surface area contributed by atoms with Crippen LogP contribution in [0.15, 0.2) is 24.3 Å². The number of hydrogen-bond donors (Lipinski definition) is 0. The van der Waals surface area contributed by atoms with Crippen molar-refractivity contribution in [2.75, 3.05) is 46.0 Å². The molecule has 6 nitrogen and oxygen atoms in total. The zero-order chi connectivity index (χ0) is 19.6. The molecule has 0 atom stereocenters. The van der Waals surface area contributed by atoms with Gasteiger partial charge in [0.05, 0.1) is 12.1 Å². The van der Waals surface area contributed by atoms with Crippen molar-refractivity contribution in [1.29, 1.82) is 0 Å². The van der Waals surface area contributed by atoms with Crippen LogP contribution in [0.5, 0.6) is 5.75 Å². The number of piperazine rings is 1. The Morgan fingerprint density at radius 1 is 0.964 bits per heavy atom. The number of carbonyl (C=O) groups excluding carboxylic acids is 2. The van der Waals surface area contributed by atoms with E-state index in [1.54, 1.807) is 0 Å². The van der Waals surface area contributed by atoms with E-state index in [4.69, 9.17) is 16.3 Å². The minimum Gasteiger partial charge on any atom is -0.492 e. The molecule has 0 unspecified atom stereocenters. The first-order valence-corrected chi connectivity index (χ1v) is 10.6. The van der Waals surface area contributed by atoms with E-state index in [0.29, 0.717) is 24.7 Å². The zero-order valence-corrected chi connectivity index (χ0v) is 17.0. The van der Waals surface area contributed by atoms with Crippen LogP contribution in [0.2, 0.25) is 5.02 Å². The molecular weight excluding hydrogens is 378 g/mol. The molecule has 3 fully saturated rings. The van der Waals surface area contributed by atoms with E-state index in [2.05, 4.69) is 9.80 Å². The number of benzene rings is 1. The molecule has 3 aliphatic rings. The largest absolute Gasteiger partial charge is 0.492 e. The molecule has 2 aliphatic heterocycles.